The highest BCUT2D eigenvalue weighted by Gasteiger charge is 2.12. The summed E-state index contributed by atoms with van der Waals surface area (Å²) in [5.41, 5.74) is 7.25. The average Bonchev–Trinajstić information content (AvgIpc) is 2.82. The van der Waals surface area contributed by atoms with Crippen LogP contribution in [0, 0.1) is 0 Å². The second-order valence-corrected chi connectivity index (χ2v) is 4.44. The van der Waals surface area contributed by atoms with E-state index in [-0.39, 0.29) is 11.5 Å². The van der Waals surface area contributed by atoms with Gasteiger partial charge >= 0.3 is 0 Å². The second-order valence-electron chi connectivity index (χ2n) is 4.44. The largest absolute Gasteiger partial charge is 0.397 e. The molecule has 0 aliphatic heterocycles. The van der Waals surface area contributed by atoms with Gasteiger partial charge in [-0.05, 0) is 26.0 Å². The second kappa shape index (κ2) is 5.64. The predicted octanol–water partition coefficient (Wildman–Crippen LogP) is 1.52. The third-order valence-corrected chi connectivity index (χ3v) is 3.07. The first-order chi connectivity index (χ1) is 9.55. The van der Waals surface area contributed by atoms with Crippen LogP contribution in [0.5, 0.6) is 0 Å². The maximum atomic E-state index is 12.2. The Morgan fingerprint density at radius 2 is 1.90 bits per heavy atom. The van der Waals surface area contributed by atoms with Crippen molar-refractivity contribution in [2.24, 2.45) is 0 Å². The van der Waals surface area contributed by atoms with Gasteiger partial charge in [-0.25, -0.2) is 0 Å². The monoisotopic (exact) mass is 274 g/mol. The van der Waals surface area contributed by atoms with E-state index in [1.165, 1.54) is 10.6 Å². The number of anilines is 2. The Labute approximate surface area is 116 Å². The van der Waals surface area contributed by atoms with E-state index in [1.54, 1.807) is 29.1 Å². The van der Waals surface area contributed by atoms with Crippen molar-refractivity contribution in [1.29, 1.82) is 0 Å². The van der Waals surface area contributed by atoms with Gasteiger partial charge in [0.05, 0.1) is 11.4 Å². The lowest BCUT2D eigenvalue weighted by molar-refractivity contribution is 0.101. The van der Waals surface area contributed by atoms with Crippen molar-refractivity contribution in [3.8, 4) is 0 Å². The number of amides is 1. The Morgan fingerprint density at radius 3 is 2.55 bits per heavy atom. The lowest BCUT2D eigenvalue weighted by Gasteiger charge is -2.09. The summed E-state index contributed by atoms with van der Waals surface area (Å²) in [6, 6.07) is 4.66. The fourth-order valence-corrected chi connectivity index (χ4v) is 2.03. The van der Waals surface area contributed by atoms with E-state index in [0.29, 0.717) is 30.2 Å². The maximum absolute atomic E-state index is 12.2. The quantitative estimate of drug-likeness (QED) is 0.887. The molecule has 0 aromatic carbocycles. The highest BCUT2D eigenvalue weighted by atomic mass is 16.2. The zero-order chi connectivity index (χ0) is 14.7. The molecular weight excluding hydrogens is 256 g/mol. The van der Waals surface area contributed by atoms with Gasteiger partial charge in [0, 0.05) is 31.5 Å². The Balaban J connectivity index is 2.25. The Hall–Kier alpha value is -2.50. The highest BCUT2D eigenvalue weighted by molar-refractivity contribution is 6.03. The molecule has 0 aliphatic carbocycles. The predicted molar refractivity (Wildman–Crippen MR) is 78.8 cm³/mol. The Bertz CT molecular complexity index is 685. The molecule has 2 rings (SSSR count). The molecule has 0 spiro atoms. The number of rotatable bonds is 4. The van der Waals surface area contributed by atoms with Crippen LogP contribution in [0.1, 0.15) is 24.3 Å². The molecule has 6 nitrogen and oxygen atoms in total. The molecule has 3 N–H and O–H groups in total. The van der Waals surface area contributed by atoms with Gasteiger partial charge in [-0.2, -0.15) is 0 Å². The molecule has 6 heteroatoms. The van der Waals surface area contributed by atoms with Gasteiger partial charge in [-0.1, -0.05) is 0 Å². The lowest BCUT2D eigenvalue weighted by Crippen LogP contribution is -2.21. The molecule has 20 heavy (non-hydrogen) atoms. The van der Waals surface area contributed by atoms with Crippen molar-refractivity contribution in [3.63, 3.8) is 0 Å². The van der Waals surface area contributed by atoms with Crippen molar-refractivity contribution in [3.05, 3.63) is 46.6 Å². The summed E-state index contributed by atoms with van der Waals surface area (Å²) in [6.45, 7) is 5.03. The summed E-state index contributed by atoms with van der Waals surface area (Å²) in [4.78, 5) is 23.7. The number of nitrogens with one attached hydrogen (secondary N) is 1. The van der Waals surface area contributed by atoms with Crippen molar-refractivity contribution in [2.45, 2.75) is 26.9 Å². The van der Waals surface area contributed by atoms with E-state index in [2.05, 4.69) is 5.32 Å². The molecule has 0 aliphatic rings. The maximum Gasteiger partial charge on any atom is 0.272 e. The summed E-state index contributed by atoms with van der Waals surface area (Å²) >= 11 is 0. The minimum atomic E-state index is -0.246. The summed E-state index contributed by atoms with van der Waals surface area (Å²) in [7, 11) is 0. The van der Waals surface area contributed by atoms with Crippen LogP contribution < -0.4 is 16.6 Å². The fraction of sp³-hybridized carbons (Fsp3) is 0.286. The lowest BCUT2D eigenvalue weighted by atomic mass is 10.3. The molecule has 2 aromatic rings. The molecule has 1 amide bonds. The summed E-state index contributed by atoms with van der Waals surface area (Å²) < 4.78 is 3.31. The molecule has 2 aromatic heterocycles. The molecule has 0 atom stereocenters. The molecule has 0 fully saturated rings. The van der Waals surface area contributed by atoms with Crippen LogP contribution in [0.2, 0.25) is 0 Å². The van der Waals surface area contributed by atoms with Crippen LogP contribution in [0.4, 0.5) is 11.4 Å². The van der Waals surface area contributed by atoms with Gasteiger partial charge in [0.15, 0.2) is 0 Å². The fourth-order valence-electron chi connectivity index (χ4n) is 2.03. The molecule has 0 saturated heterocycles. The van der Waals surface area contributed by atoms with Gasteiger partial charge in [-0.3, -0.25) is 9.59 Å². The van der Waals surface area contributed by atoms with E-state index < -0.39 is 0 Å². The molecule has 0 saturated carbocycles. The third kappa shape index (κ3) is 2.74. The highest BCUT2D eigenvalue weighted by Crippen LogP contribution is 2.13. The van der Waals surface area contributed by atoms with Crippen molar-refractivity contribution < 1.29 is 4.79 Å². The zero-order valence-corrected chi connectivity index (χ0v) is 11.6. The SMILES string of the molecule is CCn1cc(N)cc1C(=O)Nc1ccc(=O)n(CC)c1. The van der Waals surface area contributed by atoms with E-state index in [0.717, 1.165) is 0 Å². The number of hydrogen-bond acceptors (Lipinski definition) is 3. The van der Waals surface area contributed by atoms with Crippen LogP contribution in [-0.2, 0) is 13.1 Å². The minimum absolute atomic E-state index is 0.0910. The topological polar surface area (TPSA) is 82.1 Å². The van der Waals surface area contributed by atoms with E-state index in [9.17, 15) is 9.59 Å². The number of aryl methyl sites for hydroxylation is 2. The number of pyridine rings is 1. The molecule has 0 unspecified atom stereocenters. The first kappa shape index (κ1) is 13.9. The number of nitrogens with zero attached hydrogens (tertiary/aromatic N) is 2. The van der Waals surface area contributed by atoms with Crippen LogP contribution >= 0.6 is 0 Å². The first-order valence-corrected chi connectivity index (χ1v) is 6.52. The number of carbonyl (C=O) groups excluding carboxylic acids is 1. The third-order valence-electron chi connectivity index (χ3n) is 3.07. The number of carbonyl (C=O) groups is 1. The van der Waals surface area contributed by atoms with Crippen LogP contribution in [0.15, 0.2) is 35.4 Å². The van der Waals surface area contributed by atoms with Crippen LogP contribution in [0.25, 0.3) is 0 Å². The Kier molecular flexibility index (Phi) is 3.93. The van der Waals surface area contributed by atoms with E-state index in [4.69, 9.17) is 5.73 Å². The average molecular weight is 274 g/mol. The summed E-state index contributed by atoms with van der Waals surface area (Å²) in [6.07, 6.45) is 3.35. The van der Waals surface area contributed by atoms with Gasteiger partial charge in [0.1, 0.15) is 5.69 Å². The minimum Gasteiger partial charge on any atom is -0.397 e. The van der Waals surface area contributed by atoms with Crippen molar-refractivity contribution >= 4 is 17.3 Å². The van der Waals surface area contributed by atoms with Crippen LogP contribution in [0.3, 0.4) is 0 Å². The van der Waals surface area contributed by atoms with Crippen molar-refractivity contribution in [1.82, 2.24) is 9.13 Å². The number of nitrogens with two attached hydrogens (primary N) is 1. The smallest absolute Gasteiger partial charge is 0.272 e. The standard InChI is InChI=1S/C14H18N4O2/c1-3-17-8-10(15)7-12(17)14(20)16-11-5-6-13(19)18(4-2)9-11/h5-9H,3-4,15H2,1-2H3,(H,16,20). The van der Waals surface area contributed by atoms with Crippen molar-refractivity contribution in [2.75, 3.05) is 11.1 Å². The molecule has 0 radical (unpaired) electrons. The molecular formula is C14H18N4O2. The number of aromatic nitrogens is 2. The summed E-state index contributed by atoms with van der Waals surface area (Å²) in [5.74, 6) is -0.246. The molecule has 2 heterocycles. The van der Waals surface area contributed by atoms with E-state index >= 15 is 0 Å². The zero-order valence-electron chi connectivity index (χ0n) is 11.6. The normalized spacial score (nSPS) is 10.5. The number of nitrogen functional groups attached to an aromatic ring is 1. The molecule has 106 valence electrons. The Morgan fingerprint density at radius 1 is 1.20 bits per heavy atom. The van der Waals surface area contributed by atoms with Gasteiger partial charge in [-0.15, -0.1) is 0 Å². The first-order valence-electron chi connectivity index (χ1n) is 6.52. The van der Waals surface area contributed by atoms with Crippen LogP contribution in [-0.4, -0.2) is 15.0 Å². The van der Waals surface area contributed by atoms with Gasteiger partial charge in [0.25, 0.3) is 11.5 Å². The van der Waals surface area contributed by atoms with E-state index in [1.807, 2.05) is 13.8 Å². The number of hydrogen-bond donors (Lipinski definition) is 2. The van der Waals surface area contributed by atoms with Gasteiger partial charge in [0.2, 0.25) is 0 Å². The van der Waals surface area contributed by atoms with Gasteiger partial charge < -0.3 is 20.2 Å². The summed E-state index contributed by atoms with van der Waals surface area (Å²) in [5, 5.41) is 2.77. The molecule has 0 bridgehead atoms.